The predicted molar refractivity (Wildman–Crippen MR) is 112 cm³/mol. The van der Waals surface area contributed by atoms with E-state index in [0.717, 1.165) is 42.4 Å². The van der Waals surface area contributed by atoms with Gasteiger partial charge in [0.25, 0.3) is 0 Å². The fourth-order valence-electron chi connectivity index (χ4n) is 5.01. The van der Waals surface area contributed by atoms with Gasteiger partial charge in [-0.1, -0.05) is 68.9 Å². The molecule has 1 saturated carbocycles. The van der Waals surface area contributed by atoms with Gasteiger partial charge in [0, 0.05) is 5.56 Å². The summed E-state index contributed by atoms with van der Waals surface area (Å²) in [6, 6.07) is 7.21. The molecule has 0 amide bonds. The maximum Gasteiger partial charge on any atom is 0.159 e. The van der Waals surface area contributed by atoms with Crippen molar-refractivity contribution in [1.29, 1.82) is 0 Å². The van der Waals surface area contributed by atoms with Gasteiger partial charge in [-0.25, -0.2) is 13.2 Å². The molecular formula is C26H29F3. The second kappa shape index (κ2) is 8.77. The van der Waals surface area contributed by atoms with Crippen LogP contribution in [0.2, 0.25) is 0 Å². The molecule has 3 heteroatoms. The zero-order valence-electron chi connectivity index (χ0n) is 17.1. The van der Waals surface area contributed by atoms with Crippen molar-refractivity contribution >= 4 is 0 Å². The average molecular weight is 399 g/mol. The van der Waals surface area contributed by atoms with Gasteiger partial charge in [-0.15, -0.1) is 0 Å². The Morgan fingerprint density at radius 2 is 1.66 bits per heavy atom. The molecular weight excluding hydrogens is 369 g/mol. The van der Waals surface area contributed by atoms with Crippen LogP contribution in [-0.4, -0.2) is 0 Å². The van der Waals surface area contributed by atoms with Crippen molar-refractivity contribution in [2.24, 2.45) is 11.8 Å². The summed E-state index contributed by atoms with van der Waals surface area (Å²) in [6.07, 6.45) is 12.7. The van der Waals surface area contributed by atoms with Crippen LogP contribution in [0.4, 0.5) is 13.2 Å². The highest BCUT2D eigenvalue weighted by molar-refractivity contribution is 5.66. The summed E-state index contributed by atoms with van der Waals surface area (Å²) in [4.78, 5) is 0. The minimum absolute atomic E-state index is 0.304. The Labute approximate surface area is 171 Å². The normalized spacial score (nSPS) is 21.6. The van der Waals surface area contributed by atoms with Gasteiger partial charge in [-0.2, -0.15) is 0 Å². The van der Waals surface area contributed by atoms with Crippen LogP contribution in [0.3, 0.4) is 0 Å². The Balaban J connectivity index is 1.42. The number of fused-ring (bicyclic) bond motifs is 1. The van der Waals surface area contributed by atoms with E-state index in [1.54, 1.807) is 6.07 Å². The minimum Gasteiger partial charge on any atom is -0.206 e. The molecule has 154 valence electrons. The molecule has 29 heavy (non-hydrogen) atoms. The SMILES string of the molecule is CCC1CCC(CCC2=CCc3c(ccc(-c4ccc(F)c(F)c4)c3F)C2)CC1. The number of benzene rings is 2. The Hall–Kier alpha value is -2.03. The first-order valence-electron chi connectivity index (χ1n) is 11.0. The van der Waals surface area contributed by atoms with E-state index >= 15 is 4.39 Å². The second-order valence-corrected chi connectivity index (χ2v) is 8.77. The average Bonchev–Trinajstić information content (AvgIpc) is 2.75. The van der Waals surface area contributed by atoms with Gasteiger partial charge in [-0.3, -0.25) is 0 Å². The van der Waals surface area contributed by atoms with Crippen molar-refractivity contribution in [3.63, 3.8) is 0 Å². The molecule has 0 heterocycles. The Morgan fingerprint density at radius 1 is 0.897 bits per heavy atom. The third kappa shape index (κ3) is 4.44. The summed E-state index contributed by atoms with van der Waals surface area (Å²) < 4.78 is 41.9. The lowest BCUT2D eigenvalue weighted by Gasteiger charge is -2.28. The number of halogens is 3. The molecule has 1 fully saturated rings. The molecule has 0 aromatic heterocycles. The van der Waals surface area contributed by atoms with Gasteiger partial charge < -0.3 is 0 Å². The number of rotatable bonds is 5. The molecule has 0 spiro atoms. The summed E-state index contributed by atoms with van der Waals surface area (Å²) >= 11 is 0. The molecule has 2 aromatic carbocycles. The number of hydrogen-bond acceptors (Lipinski definition) is 0. The van der Waals surface area contributed by atoms with Crippen LogP contribution >= 0.6 is 0 Å². The molecule has 0 atom stereocenters. The third-order valence-electron chi connectivity index (χ3n) is 7.00. The van der Waals surface area contributed by atoms with E-state index in [2.05, 4.69) is 13.0 Å². The summed E-state index contributed by atoms with van der Waals surface area (Å²) in [5.41, 5.74) is 3.85. The quantitative estimate of drug-likeness (QED) is 0.451. The zero-order chi connectivity index (χ0) is 20.4. The topological polar surface area (TPSA) is 0 Å². The molecule has 0 N–H and O–H groups in total. The van der Waals surface area contributed by atoms with Gasteiger partial charge in [0.1, 0.15) is 5.82 Å². The number of allylic oxidation sites excluding steroid dienone is 2. The molecule has 0 aliphatic heterocycles. The minimum atomic E-state index is -0.949. The highest BCUT2D eigenvalue weighted by atomic mass is 19.2. The van der Waals surface area contributed by atoms with Crippen molar-refractivity contribution in [1.82, 2.24) is 0 Å². The third-order valence-corrected chi connectivity index (χ3v) is 7.00. The highest BCUT2D eigenvalue weighted by Gasteiger charge is 2.22. The first-order valence-corrected chi connectivity index (χ1v) is 11.0. The van der Waals surface area contributed by atoms with E-state index in [9.17, 15) is 8.78 Å². The van der Waals surface area contributed by atoms with Crippen LogP contribution in [-0.2, 0) is 12.8 Å². The van der Waals surface area contributed by atoms with Crippen LogP contribution in [0.15, 0.2) is 42.0 Å². The lowest BCUT2D eigenvalue weighted by Crippen LogP contribution is -2.14. The van der Waals surface area contributed by atoms with E-state index in [4.69, 9.17) is 0 Å². The Kier molecular flexibility index (Phi) is 6.12. The van der Waals surface area contributed by atoms with Crippen molar-refractivity contribution < 1.29 is 13.2 Å². The van der Waals surface area contributed by atoms with Crippen LogP contribution in [0.1, 0.15) is 63.0 Å². The van der Waals surface area contributed by atoms with Crippen molar-refractivity contribution in [3.8, 4) is 11.1 Å². The van der Waals surface area contributed by atoms with E-state index in [-0.39, 0.29) is 5.82 Å². The van der Waals surface area contributed by atoms with E-state index in [1.165, 1.54) is 50.2 Å². The lowest BCUT2D eigenvalue weighted by atomic mass is 9.78. The molecule has 0 radical (unpaired) electrons. The molecule has 0 unspecified atom stereocenters. The van der Waals surface area contributed by atoms with Crippen molar-refractivity contribution in [2.45, 2.75) is 64.7 Å². The molecule has 0 bridgehead atoms. The first-order chi connectivity index (χ1) is 14.0. The van der Waals surface area contributed by atoms with Gasteiger partial charge in [0.15, 0.2) is 11.6 Å². The largest absolute Gasteiger partial charge is 0.206 e. The van der Waals surface area contributed by atoms with Crippen LogP contribution in [0.25, 0.3) is 11.1 Å². The molecule has 2 aliphatic rings. The molecule has 2 aromatic rings. The van der Waals surface area contributed by atoms with Gasteiger partial charge in [0.05, 0.1) is 0 Å². The summed E-state index contributed by atoms with van der Waals surface area (Å²) in [5.74, 6) is -0.397. The fraction of sp³-hybridized carbons (Fsp3) is 0.462. The summed E-state index contributed by atoms with van der Waals surface area (Å²) in [7, 11) is 0. The first kappa shape index (κ1) is 20.3. The summed E-state index contributed by atoms with van der Waals surface area (Å²) in [6.45, 7) is 2.30. The van der Waals surface area contributed by atoms with Crippen LogP contribution in [0, 0.1) is 29.3 Å². The summed E-state index contributed by atoms with van der Waals surface area (Å²) in [5, 5.41) is 0. The van der Waals surface area contributed by atoms with Crippen LogP contribution in [0.5, 0.6) is 0 Å². The van der Waals surface area contributed by atoms with Gasteiger partial charge in [-0.05, 0) is 66.3 Å². The van der Waals surface area contributed by atoms with E-state index < -0.39 is 11.6 Å². The van der Waals surface area contributed by atoms with E-state index in [0.29, 0.717) is 23.1 Å². The second-order valence-electron chi connectivity index (χ2n) is 8.77. The highest BCUT2D eigenvalue weighted by Crippen LogP contribution is 2.36. The maximum absolute atomic E-state index is 15.1. The van der Waals surface area contributed by atoms with Gasteiger partial charge in [0.2, 0.25) is 0 Å². The molecule has 4 rings (SSSR count). The number of hydrogen-bond donors (Lipinski definition) is 0. The Morgan fingerprint density at radius 3 is 2.38 bits per heavy atom. The fourth-order valence-corrected chi connectivity index (χ4v) is 5.01. The molecule has 2 aliphatic carbocycles. The van der Waals surface area contributed by atoms with Crippen molar-refractivity contribution in [3.05, 3.63) is 70.6 Å². The smallest absolute Gasteiger partial charge is 0.159 e. The van der Waals surface area contributed by atoms with Gasteiger partial charge >= 0.3 is 0 Å². The van der Waals surface area contributed by atoms with Crippen molar-refractivity contribution in [2.75, 3.05) is 0 Å². The molecule has 0 saturated heterocycles. The monoisotopic (exact) mass is 398 g/mol. The lowest BCUT2D eigenvalue weighted by molar-refractivity contribution is 0.258. The van der Waals surface area contributed by atoms with Crippen LogP contribution < -0.4 is 0 Å². The maximum atomic E-state index is 15.1. The molecule has 0 nitrogen and oxygen atoms in total. The van der Waals surface area contributed by atoms with E-state index in [1.807, 2.05) is 6.07 Å². The standard InChI is InChI=1S/C26H29F3/c1-2-17-3-5-18(6-4-17)7-8-19-9-12-22-20(15-19)10-13-23(26(22)29)21-11-14-24(27)25(28)16-21/h9-11,13-14,16-18H,2-8,12,15H2,1H3. The zero-order valence-corrected chi connectivity index (χ0v) is 17.1. The predicted octanol–water partition coefficient (Wildman–Crippen LogP) is 7.79. The Bertz CT molecular complexity index is 904.